The summed E-state index contributed by atoms with van der Waals surface area (Å²) >= 11 is 3.48. The molecule has 0 aromatic heterocycles. The molecule has 21 heavy (non-hydrogen) atoms. The molecule has 1 aliphatic carbocycles. The number of nitrogens with one attached hydrogen (secondary N) is 1. The molecule has 1 aromatic rings. The normalized spacial score (nSPS) is 23.9. The first-order valence-corrected chi connectivity index (χ1v) is 8.65. The highest BCUT2D eigenvalue weighted by Gasteiger charge is 2.48. The Labute approximate surface area is 135 Å². The van der Waals surface area contributed by atoms with E-state index in [4.69, 9.17) is 0 Å². The number of rotatable bonds is 4. The zero-order chi connectivity index (χ0) is 14.9. The van der Waals surface area contributed by atoms with E-state index in [1.165, 1.54) is 5.56 Å². The molecular formula is C17H23BrN2O. The summed E-state index contributed by atoms with van der Waals surface area (Å²) in [5.41, 5.74) is 0.953. The molecule has 1 saturated carbocycles. The Morgan fingerprint density at radius 3 is 2.67 bits per heavy atom. The van der Waals surface area contributed by atoms with Crippen molar-refractivity contribution in [3.63, 3.8) is 0 Å². The van der Waals surface area contributed by atoms with Crippen molar-refractivity contribution in [2.24, 2.45) is 5.92 Å². The van der Waals surface area contributed by atoms with Crippen molar-refractivity contribution in [2.45, 2.75) is 31.1 Å². The van der Waals surface area contributed by atoms with E-state index >= 15 is 0 Å². The van der Waals surface area contributed by atoms with Gasteiger partial charge in [-0.2, -0.15) is 0 Å². The van der Waals surface area contributed by atoms with E-state index in [0.717, 1.165) is 49.8 Å². The summed E-state index contributed by atoms with van der Waals surface area (Å²) in [6.07, 6.45) is 4.29. The van der Waals surface area contributed by atoms with Crippen LogP contribution in [0.3, 0.4) is 0 Å². The summed E-state index contributed by atoms with van der Waals surface area (Å²) in [6, 6.07) is 8.33. The molecule has 1 saturated heterocycles. The van der Waals surface area contributed by atoms with Crippen LogP contribution < -0.4 is 5.32 Å². The second kappa shape index (κ2) is 6.09. The van der Waals surface area contributed by atoms with Crippen LogP contribution in [0, 0.1) is 5.92 Å². The third-order valence-electron chi connectivity index (χ3n) is 5.08. The number of likely N-dealkylation sites (tertiary alicyclic amines) is 1. The summed E-state index contributed by atoms with van der Waals surface area (Å²) in [5, 5.41) is 3.23. The topological polar surface area (TPSA) is 32.3 Å². The van der Waals surface area contributed by atoms with Gasteiger partial charge in [-0.1, -0.05) is 34.5 Å². The van der Waals surface area contributed by atoms with Crippen LogP contribution in [0.1, 0.15) is 31.2 Å². The smallest absolute Gasteiger partial charge is 0.233 e. The Hall–Kier alpha value is -0.870. The van der Waals surface area contributed by atoms with Crippen LogP contribution in [-0.2, 0) is 10.2 Å². The molecular weight excluding hydrogens is 328 g/mol. The third kappa shape index (κ3) is 2.76. The van der Waals surface area contributed by atoms with Crippen molar-refractivity contribution in [3.8, 4) is 0 Å². The van der Waals surface area contributed by atoms with Crippen LogP contribution in [0.15, 0.2) is 28.7 Å². The Balaban J connectivity index is 1.77. The molecule has 0 radical (unpaired) electrons. The minimum atomic E-state index is -0.241. The van der Waals surface area contributed by atoms with Gasteiger partial charge in [0.15, 0.2) is 0 Å². The van der Waals surface area contributed by atoms with Crippen LogP contribution in [0.2, 0.25) is 0 Å². The fourth-order valence-electron chi connectivity index (χ4n) is 3.70. The molecule has 2 aliphatic rings. The van der Waals surface area contributed by atoms with E-state index < -0.39 is 0 Å². The molecule has 1 unspecified atom stereocenters. The third-order valence-corrected chi connectivity index (χ3v) is 5.61. The van der Waals surface area contributed by atoms with E-state index in [1.807, 2.05) is 7.05 Å². The Morgan fingerprint density at radius 2 is 2.10 bits per heavy atom. The van der Waals surface area contributed by atoms with Gasteiger partial charge in [0.25, 0.3) is 0 Å². The van der Waals surface area contributed by atoms with E-state index in [0.29, 0.717) is 11.8 Å². The Morgan fingerprint density at radius 1 is 1.38 bits per heavy atom. The molecule has 4 heteroatoms. The molecule has 1 N–H and O–H groups in total. The lowest BCUT2D eigenvalue weighted by Gasteiger charge is -2.43. The van der Waals surface area contributed by atoms with Crippen LogP contribution in [-0.4, -0.2) is 37.5 Å². The van der Waals surface area contributed by atoms with Crippen molar-refractivity contribution in [2.75, 3.05) is 26.7 Å². The predicted molar refractivity (Wildman–Crippen MR) is 88.3 cm³/mol. The molecule has 2 fully saturated rings. The van der Waals surface area contributed by atoms with Crippen molar-refractivity contribution < 1.29 is 4.79 Å². The van der Waals surface area contributed by atoms with Gasteiger partial charge in [-0.25, -0.2) is 0 Å². The van der Waals surface area contributed by atoms with Crippen LogP contribution in [0.4, 0.5) is 0 Å². The molecule has 1 atom stereocenters. The number of carbonyl (C=O) groups excluding carboxylic acids is 1. The molecule has 1 aromatic carbocycles. The number of halogens is 1. The van der Waals surface area contributed by atoms with Crippen LogP contribution in [0.5, 0.6) is 0 Å². The fourth-order valence-corrected chi connectivity index (χ4v) is 3.96. The highest BCUT2D eigenvalue weighted by molar-refractivity contribution is 9.10. The second-order valence-corrected chi connectivity index (χ2v) is 7.32. The monoisotopic (exact) mass is 350 g/mol. The van der Waals surface area contributed by atoms with Gasteiger partial charge in [-0.05, 0) is 56.5 Å². The van der Waals surface area contributed by atoms with E-state index in [-0.39, 0.29) is 5.41 Å². The molecule has 0 bridgehead atoms. The number of hydrogen-bond acceptors (Lipinski definition) is 2. The summed E-state index contributed by atoms with van der Waals surface area (Å²) in [4.78, 5) is 15.2. The van der Waals surface area contributed by atoms with Crippen molar-refractivity contribution >= 4 is 21.8 Å². The number of nitrogens with zero attached hydrogens (tertiary/aromatic N) is 1. The minimum Gasteiger partial charge on any atom is -0.342 e. The summed E-state index contributed by atoms with van der Waals surface area (Å²) < 4.78 is 1.07. The lowest BCUT2D eigenvalue weighted by atomic mass is 9.63. The molecule has 0 spiro atoms. The first kappa shape index (κ1) is 15.0. The summed E-state index contributed by atoms with van der Waals surface area (Å²) in [5.74, 6) is 0.968. The van der Waals surface area contributed by atoms with Gasteiger partial charge >= 0.3 is 0 Å². The highest BCUT2D eigenvalue weighted by atomic mass is 79.9. The lowest BCUT2D eigenvalue weighted by molar-refractivity contribution is -0.140. The van der Waals surface area contributed by atoms with Crippen molar-refractivity contribution in [3.05, 3.63) is 34.3 Å². The zero-order valence-corrected chi connectivity index (χ0v) is 14.2. The van der Waals surface area contributed by atoms with Gasteiger partial charge in [0, 0.05) is 17.6 Å². The number of hydrogen-bond donors (Lipinski definition) is 1. The van der Waals surface area contributed by atoms with Gasteiger partial charge in [0.2, 0.25) is 5.91 Å². The molecule has 3 nitrogen and oxygen atoms in total. The standard InChI is InChI=1S/C17H23BrN2O/c1-19-11-13-7-10-20(12-13)16(21)17(8-2-9-17)14-3-5-15(18)6-4-14/h3-6,13,19H,2,7-12H2,1H3. The molecule has 1 aliphatic heterocycles. The Kier molecular flexibility index (Phi) is 4.36. The predicted octanol–water partition coefficient (Wildman–Crippen LogP) is 2.94. The van der Waals surface area contributed by atoms with Gasteiger partial charge in [-0.3, -0.25) is 4.79 Å². The maximum absolute atomic E-state index is 13.1. The number of amides is 1. The summed E-state index contributed by atoms with van der Waals surface area (Å²) in [6.45, 7) is 2.84. The van der Waals surface area contributed by atoms with Gasteiger partial charge in [0.05, 0.1) is 5.41 Å². The molecule has 114 valence electrons. The molecule has 1 heterocycles. The minimum absolute atomic E-state index is 0.241. The molecule has 1 amide bonds. The van der Waals surface area contributed by atoms with Gasteiger partial charge in [-0.15, -0.1) is 0 Å². The second-order valence-electron chi connectivity index (χ2n) is 6.41. The SMILES string of the molecule is CNCC1CCN(C(=O)C2(c3ccc(Br)cc3)CCC2)C1. The largest absolute Gasteiger partial charge is 0.342 e. The van der Waals surface area contributed by atoms with Crippen LogP contribution in [0.25, 0.3) is 0 Å². The van der Waals surface area contributed by atoms with Crippen LogP contribution >= 0.6 is 15.9 Å². The average Bonchev–Trinajstić information content (AvgIpc) is 2.88. The van der Waals surface area contributed by atoms with Crippen molar-refractivity contribution in [1.29, 1.82) is 0 Å². The lowest BCUT2D eigenvalue weighted by Crippen LogP contribution is -2.50. The maximum Gasteiger partial charge on any atom is 0.233 e. The zero-order valence-electron chi connectivity index (χ0n) is 12.6. The fraction of sp³-hybridized carbons (Fsp3) is 0.588. The van der Waals surface area contributed by atoms with Crippen molar-refractivity contribution in [1.82, 2.24) is 10.2 Å². The van der Waals surface area contributed by atoms with E-state index in [1.54, 1.807) is 0 Å². The number of carbonyl (C=O) groups is 1. The van der Waals surface area contributed by atoms with E-state index in [9.17, 15) is 4.79 Å². The summed E-state index contributed by atoms with van der Waals surface area (Å²) in [7, 11) is 1.99. The maximum atomic E-state index is 13.1. The number of benzene rings is 1. The first-order valence-electron chi connectivity index (χ1n) is 7.86. The first-order chi connectivity index (χ1) is 10.2. The molecule has 3 rings (SSSR count). The van der Waals surface area contributed by atoms with Gasteiger partial charge in [0.1, 0.15) is 0 Å². The van der Waals surface area contributed by atoms with E-state index in [2.05, 4.69) is 50.4 Å². The van der Waals surface area contributed by atoms with Gasteiger partial charge < -0.3 is 10.2 Å². The quantitative estimate of drug-likeness (QED) is 0.905. The average molecular weight is 351 g/mol. The highest BCUT2D eigenvalue weighted by Crippen LogP contribution is 2.46. The Bertz CT molecular complexity index is 510.